The third-order valence-electron chi connectivity index (χ3n) is 2.10. The highest BCUT2D eigenvalue weighted by molar-refractivity contribution is 5.20. The van der Waals surface area contributed by atoms with Crippen LogP contribution in [0.4, 0.5) is 8.78 Å². The number of nitrogens with one attached hydrogen (secondary N) is 1. The minimum atomic E-state index is -0.587. The Kier molecular flexibility index (Phi) is 4.17. The van der Waals surface area contributed by atoms with E-state index in [1.54, 1.807) is 13.8 Å². The molecule has 1 aromatic carbocycles. The maximum absolute atomic E-state index is 12.9. The fourth-order valence-electron chi connectivity index (χ4n) is 1.29. The first-order valence-electron chi connectivity index (χ1n) is 4.86. The van der Waals surface area contributed by atoms with Crippen LogP contribution in [0, 0.1) is 11.6 Å². The molecule has 0 fully saturated rings. The molecule has 0 heterocycles. The van der Waals surface area contributed by atoms with E-state index >= 15 is 0 Å². The van der Waals surface area contributed by atoms with E-state index in [1.165, 1.54) is 12.1 Å². The van der Waals surface area contributed by atoms with Crippen molar-refractivity contribution < 1.29 is 13.9 Å². The molecule has 1 rings (SSSR count). The van der Waals surface area contributed by atoms with Crippen LogP contribution in [0.1, 0.15) is 25.5 Å². The number of aliphatic hydroxyl groups is 1. The van der Waals surface area contributed by atoms with E-state index in [-0.39, 0.29) is 6.04 Å². The molecule has 0 amide bonds. The van der Waals surface area contributed by atoms with Crippen LogP contribution in [0.25, 0.3) is 0 Å². The zero-order valence-electron chi connectivity index (χ0n) is 8.80. The van der Waals surface area contributed by atoms with Gasteiger partial charge in [0, 0.05) is 18.7 Å². The van der Waals surface area contributed by atoms with Crippen LogP contribution in [0.15, 0.2) is 18.2 Å². The molecule has 0 radical (unpaired) electrons. The first kappa shape index (κ1) is 12.1. The minimum Gasteiger partial charge on any atom is -0.392 e. The quantitative estimate of drug-likeness (QED) is 0.805. The van der Waals surface area contributed by atoms with E-state index in [0.29, 0.717) is 12.1 Å². The first-order chi connectivity index (χ1) is 6.99. The van der Waals surface area contributed by atoms with E-state index in [9.17, 15) is 8.78 Å². The second-order valence-electron chi connectivity index (χ2n) is 3.68. The average Bonchev–Trinajstić information content (AvgIpc) is 2.12. The Hall–Kier alpha value is -1.00. The molecule has 0 spiro atoms. The van der Waals surface area contributed by atoms with Gasteiger partial charge >= 0.3 is 0 Å². The van der Waals surface area contributed by atoms with Crippen molar-refractivity contribution in [2.45, 2.75) is 26.0 Å². The van der Waals surface area contributed by atoms with Gasteiger partial charge in [0.25, 0.3) is 0 Å². The summed E-state index contributed by atoms with van der Waals surface area (Å²) in [5, 5.41) is 12.0. The summed E-state index contributed by atoms with van der Waals surface area (Å²) in [4.78, 5) is 0. The number of hydrogen-bond acceptors (Lipinski definition) is 2. The zero-order chi connectivity index (χ0) is 11.4. The Balaban J connectivity index is 2.68. The monoisotopic (exact) mass is 215 g/mol. The molecule has 84 valence electrons. The van der Waals surface area contributed by atoms with Crippen LogP contribution >= 0.6 is 0 Å². The Morgan fingerprint density at radius 1 is 1.20 bits per heavy atom. The van der Waals surface area contributed by atoms with Gasteiger partial charge in [0.1, 0.15) is 11.6 Å². The van der Waals surface area contributed by atoms with E-state index in [2.05, 4.69) is 5.32 Å². The minimum absolute atomic E-state index is 0.190. The van der Waals surface area contributed by atoms with E-state index < -0.39 is 17.7 Å². The molecular weight excluding hydrogens is 200 g/mol. The molecule has 2 nitrogen and oxygen atoms in total. The second-order valence-corrected chi connectivity index (χ2v) is 3.68. The molecule has 1 aromatic rings. The third-order valence-corrected chi connectivity index (χ3v) is 2.10. The lowest BCUT2D eigenvalue weighted by atomic mass is 10.1. The highest BCUT2D eigenvalue weighted by Gasteiger charge is 2.08. The van der Waals surface area contributed by atoms with Crippen molar-refractivity contribution in [2.24, 2.45) is 0 Å². The summed E-state index contributed by atoms with van der Waals surface area (Å²) in [6.07, 6.45) is -0.481. The van der Waals surface area contributed by atoms with Crippen molar-refractivity contribution in [1.82, 2.24) is 5.32 Å². The summed E-state index contributed by atoms with van der Waals surface area (Å²) in [6.45, 7) is 3.82. The Labute approximate surface area is 87.9 Å². The maximum Gasteiger partial charge on any atom is 0.126 e. The van der Waals surface area contributed by atoms with Crippen molar-refractivity contribution in [2.75, 3.05) is 6.54 Å². The maximum atomic E-state index is 12.9. The molecule has 1 unspecified atom stereocenters. The van der Waals surface area contributed by atoms with Crippen LogP contribution < -0.4 is 5.32 Å². The SMILES string of the molecule is CC(NC[C@@H](C)O)c1cc(F)cc(F)c1. The van der Waals surface area contributed by atoms with Crippen LogP contribution in [0.5, 0.6) is 0 Å². The van der Waals surface area contributed by atoms with Gasteiger partial charge in [-0.3, -0.25) is 0 Å². The highest BCUT2D eigenvalue weighted by Crippen LogP contribution is 2.15. The lowest BCUT2D eigenvalue weighted by Crippen LogP contribution is -2.27. The molecule has 15 heavy (non-hydrogen) atoms. The number of hydrogen-bond donors (Lipinski definition) is 2. The normalized spacial score (nSPS) is 15.0. The van der Waals surface area contributed by atoms with Crippen molar-refractivity contribution in [3.05, 3.63) is 35.4 Å². The van der Waals surface area contributed by atoms with E-state index in [4.69, 9.17) is 5.11 Å². The van der Waals surface area contributed by atoms with Gasteiger partial charge in [-0.1, -0.05) is 0 Å². The van der Waals surface area contributed by atoms with Gasteiger partial charge < -0.3 is 10.4 Å². The summed E-state index contributed by atoms with van der Waals surface area (Å²) in [6, 6.07) is 3.21. The highest BCUT2D eigenvalue weighted by atomic mass is 19.1. The number of halogens is 2. The van der Waals surface area contributed by atoms with Gasteiger partial charge in [-0.2, -0.15) is 0 Å². The Bertz CT molecular complexity index is 308. The van der Waals surface area contributed by atoms with Gasteiger partial charge in [0.2, 0.25) is 0 Å². The van der Waals surface area contributed by atoms with E-state index in [0.717, 1.165) is 6.07 Å². The summed E-state index contributed by atoms with van der Waals surface area (Å²) >= 11 is 0. The summed E-state index contributed by atoms with van der Waals surface area (Å²) in [5.74, 6) is -1.17. The van der Waals surface area contributed by atoms with Crippen molar-refractivity contribution in [3.8, 4) is 0 Å². The van der Waals surface area contributed by atoms with Crippen molar-refractivity contribution >= 4 is 0 Å². The van der Waals surface area contributed by atoms with Crippen molar-refractivity contribution in [3.63, 3.8) is 0 Å². The lowest BCUT2D eigenvalue weighted by molar-refractivity contribution is 0.187. The van der Waals surface area contributed by atoms with Gasteiger partial charge in [0.15, 0.2) is 0 Å². The predicted molar refractivity (Wildman–Crippen MR) is 54.5 cm³/mol. The smallest absolute Gasteiger partial charge is 0.126 e. The van der Waals surface area contributed by atoms with Crippen LogP contribution in [0.2, 0.25) is 0 Å². The molecule has 0 saturated carbocycles. The molecular formula is C11H15F2NO. The fourth-order valence-corrected chi connectivity index (χ4v) is 1.29. The van der Waals surface area contributed by atoms with Crippen LogP contribution in [0.3, 0.4) is 0 Å². The lowest BCUT2D eigenvalue weighted by Gasteiger charge is -2.15. The average molecular weight is 215 g/mol. The van der Waals surface area contributed by atoms with Gasteiger partial charge in [-0.05, 0) is 31.5 Å². The van der Waals surface area contributed by atoms with Crippen LogP contribution in [-0.2, 0) is 0 Å². The Morgan fingerprint density at radius 2 is 1.73 bits per heavy atom. The molecule has 2 N–H and O–H groups in total. The Morgan fingerprint density at radius 3 is 2.20 bits per heavy atom. The molecule has 0 aromatic heterocycles. The molecule has 2 atom stereocenters. The van der Waals surface area contributed by atoms with Gasteiger partial charge in [-0.25, -0.2) is 8.78 Å². The second kappa shape index (κ2) is 5.19. The third kappa shape index (κ3) is 3.93. The molecule has 4 heteroatoms. The summed E-state index contributed by atoms with van der Waals surface area (Å²) in [7, 11) is 0. The van der Waals surface area contributed by atoms with Crippen molar-refractivity contribution in [1.29, 1.82) is 0 Å². The number of rotatable bonds is 4. The molecule has 0 aliphatic carbocycles. The van der Waals surface area contributed by atoms with Crippen LogP contribution in [-0.4, -0.2) is 17.8 Å². The number of benzene rings is 1. The molecule has 0 aliphatic heterocycles. The molecule has 0 bridgehead atoms. The van der Waals surface area contributed by atoms with Gasteiger partial charge in [0.05, 0.1) is 6.10 Å². The topological polar surface area (TPSA) is 32.3 Å². The summed E-state index contributed by atoms with van der Waals surface area (Å²) in [5.41, 5.74) is 0.535. The number of aliphatic hydroxyl groups excluding tert-OH is 1. The molecule has 0 saturated heterocycles. The fraction of sp³-hybridized carbons (Fsp3) is 0.455. The first-order valence-corrected chi connectivity index (χ1v) is 4.86. The van der Waals surface area contributed by atoms with E-state index in [1.807, 2.05) is 0 Å². The standard InChI is InChI=1S/C11H15F2NO/c1-7(15)6-14-8(2)9-3-10(12)5-11(13)4-9/h3-5,7-8,14-15H,6H2,1-2H3/t7-,8?/m1/s1. The largest absolute Gasteiger partial charge is 0.392 e. The van der Waals surface area contributed by atoms with Gasteiger partial charge in [-0.15, -0.1) is 0 Å². The summed E-state index contributed by atoms with van der Waals surface area (Å²) < 4.78 is 25.7. The zero-order valence-corrected chi connectivity index (χ0v) is 8.80. The molecule has 0 aliphatic rings. The predicted octanol–water partition coefficient (Wildman–Crippen LogP) is 2.00.